The van der Waals surface area contributed by atoms with E-state index in [4.69, 9.17) is 9.47 Å². The van der Waals surface area contributed by atoms with Crippen molar-refractivity contribution in [3.63, 3.8) is 0 Å². The van der Waals surface area contributed by atoms with Gasteiger partial charge in [-0.3, -0.25) is 13.8 Å². The van der Waals surface area contributed by atoms with Crippen LogP contribution in [0, 0.1) is 0 Å². The number of hydrogen-bond donors (Lipinski definition) is 0. The Morgan fingerprint density at radius 3 is 2.47 bits per heavy atom. The third-order valence-electron chi connectivity index (χ3n) is 6.28. The van der Waals surface area contributed by atoms with Gasteiger partial charge in [-0.15, -0.1) is 0 Å². The molecular formula is C28H33NO6S. The van der Waals surface area contributed by atoms with Gasteiger partial charge in [0.15, 0.2) is 4.75 Å². The Kier molecular flexibility index (Phi) is 9.58. The van der Waals surface area contributed by atoms with E-state index >= 15 is 0 Å². The monoisotopic (exact) mass is 511 g/mol. The molecule has 0 aliphatic carbocycles. The minimum atomic E-state index is -1.69. The van der Waals surface area contributed by atoms with Crippen molar-refractivity contribution in [1.29, 1.82) is 0 Å². The lowest BCUT2D eigenvalue weighted by Gasteiger charge is -2.36. The molecule has 0 bridgehead atoms. The maximum absolute atomic E-state index is 13.9. The summed E-state index contributed by atoms with van der Waals surface area (Å²) in [5, 5.41) is 0. The molecule has 3 atom stereocenters. The van der Waals surface area contributed by atoms with Crippen molar-refractivity contribution >= 4 is 34.7 Å². The predicted octanol–water partition coefficient (Wildman–Crippen LogP) is 4.20. The van der Waals surface area contributed by atoms with E-state index in [-0.39, 0.29) is 31.2 Å². The van der Waals surface area contributed by atoms with E-state index in [1.54, 1.807) is 42.2 Å². The van der Waals surface area contributed by atoms with Gasteiger partial charge in [-0.25, -0.2) is 4.79 Å². The van der Waals surface area contributed by atoms with Crippen LogP contribution in [0.4, 0.5) is 0 Å². The number of rotatable bonds is 11. The molecule has 1 fully saturated rings. The smallest absolute Gasteiger partial charge is 0.330 e. The third-order valence-corrected chi connectivity index (χ3v) is 8.29. The Morgan fingerprint density at radius 2 is 1.81 bits per heavy atom. The molecule has 0 spiro atoms. The SMILES string of the molecule is CCCCS(=O)[C@]1(C(=O)OC)CC(=O)N(Cc2ccccc2)[C@@H]1c1ccccc1/C=C/C(=O)OCC. The molecule has 192 valence electrons. The molecule has 1 unspecified atom stereocenters. The Hall–Kier alpha value is -3.26. The Bertz CT molecular complexity index is 1130. The van der Waals surface area contributed by atoms with Gasteiger partial charge in [0, 0.05) is 29.2 Å². The first-order valence-electron chi connectivity index (χ1n) is 12.1. The van der Waals surface area contributed by atoms with Gasteiger partial charge in [0.25, 0.3) is 0 Å². The first kappa shape index (κ1) is 27.3. The van der Waals surface area contributed by atoms with Gasteiger partial charge in [0.2, 0.25) is 5.91 Å². The topological polar surface area (TPSA) is 90.0 Å². The summed E-state index contributed by atoms with van der Waals surface area (Å²) in [5.41, 5.74) is 2.13. The molecule has 8 heteroatoms. The van der Waals surface area contributed by atoms with Crippen LogP contribution in [0.5, 0.6) is 0 Å². The van der Waals surface area contributed by atoms with E-state index in [1.807, 2.05) is 37.3 Å². The summed E-state index contributed by atoms with van der Waals surface area (Å²) in [6, 6.07) is 15.8. The molecule has 0 N–H and O–H groups in total. The molecular weight excluding hydrogens is 478 g/mol. The molecule has 1 aliphatic rings. The normalized spacial score (nSPS) is 20.5. The Labute approximate surface area is 214 Å². The zero-order valence-electron chi connectivity index (χ0n) is 21.0. The van der Waals surface area contributed by atoms with Gasteiger partial charge in [0.05, 0.1) is 26.2 Å². The fourth-order valence-electron chi connectivity index (χ4n) is 4.57. The number of amides is 1. The summed E-state index contributed by atoms with van der Waals surface area (Å²) < 4.78 is 22.5. The molecule has 0 aromatic heterocycles. The van der Waals surface area contributed by atoms with Gasteiger partial charge < -0.3 is 14.4 Å². The van der Waals surface area contributed by atoms with Crippen LogP contribution in [0.3, 0.4) is 0 Å². The standard InChI is InChI=1S/C28H33NO6S/c1-4-6-18-36(33)28(27(32)34-3)19-24(30)29(20-21-12-8-7-9-13-21)26(28)23-15-11-10-14-22(23)16-17-25(31)35-5-2/h7-17,26H,4-6,18-20H2,1-3H3/b17-16+/t26-,28-,36?/m1/s1. The quantitative estimate of drug-likeness (QED) is 0.332. The number of benzene rings is 2. The van der Waals surface area contributed by atoms with Gasteiger partial charge in [-0.2, -0.15) is 0 Å². The Morgan fingerprint density at radius 1 is 1.11 bits per heavy atom. The van der Waals surface area contributed by atoms with E-state index in [1.165, 1.54) is 13.2 Å². The molecule has 0 saturated carbocycles. The number of hydrogen-bond acceptors (Lipinski definition) is 6. The van der Waals surface area contributed by atoms with Gasteiger partial charge in [0.1, 0.15) is 0 Å². The summed E-state index contributed by atoms with van der Waals surface area (Å²) in [5.74, 6) is -1.17. The number of likely N-dealkylation sites (tertiary alicyclic amines) is 1. The maximum Gasteiger partial charge on any atom is 0.330 e. The lowest BCUT2D eigenvalue weighted by Crippen LogP contribution is -2.49. The second-order valence-electron chi connectivity index (χ2n) is 8.59. The average Bonchev–Trinajstić information content (AvgIpc) is 3.19. The average molecular weight is 512 g/mol. The highest BCUT2D eigenvalue weighted by Crippen LogP contribution is 2.48. The first-order chi connectivity index (χ1) is 17.4. The number of methoxy groups -OCH3 is 1. The van der Waals surface area contributed by atoms with Crippen LogP contribution in [0.2, 0.25) is 0 Å². The van der Waals surface area contributed by atoms with Crippen molar-refractivity contribution in [3.8, 4) is 0 Å². The van der Waals surface area contributed by atoms with Gasteiger partial charge >= 0.3 is 11.9 Å². The number of nitrogens with zero attached hydrogens (tertiary/aromatic N) is 1. The van der Waals surface area contributed by atoms with E-state index in [9.17, 15) is 18.6 Å². The van der Waals surface area contributed by atoms with Crippen LogP contribution in [0.1, 0.15) is 55.8 Å². The lowest BCUT2D eigenvalue weighted by molar-refractivity contribution is -0.144. The molecule has 2 aromatic rings. The second-order valence-corrected chi connectivity index (χ2v) is 10.4. The summed E-state index contributed by atoms with van der Waals surface area (Å²) in [4.78, 5) is 40.6. The number of carbonyl (C=O) groups excluding carboxylic acids is 3. The fraction of sp³-hybridized carbons (Fsp3) is 0.393. The molecule has 0 radical (unpaired) electrons. The fourth-order valence-corrected chi connectivity index (χ4v) is 6.54. The van der Waals surface area contributed by atoms with Crippen LogP contribution >= 0.6 is 0 Å². The summed E-state index contributed by atoms with van der Waals surface area (Å²) in [6.07, 6.45) is 4.15. The van der Waals surface area contributed by atoms with Crippen molar-refractivity contribution in [2.75, 3.05) is 19.5 Å². The molecule has 36 heavy (non-hydrogen) atoms. The minimum absolute atomic E-state index is 0.219. The molecule has 2 aromatic carbocycles. The third kappa shape index (κ3) is 5.75. The summed E-state index contributed by atoms with van der Waals surface area (Å²) in [6.45, 7) is 4.19. The number of carbonyl (C=O) groups is 3. The van der Waals surface area contributed by atoms with Crippen LogP contribution in [-0.2, 0) is 41.2 Å². The van der Waals surface area contributed by atoms with Crippen molar-refractivity contribution in [3.05, 3.63) is 77.4 Å². The summed E-state index contributed by atoms with van der Waals surface area (Å²) in [7, 11) is -0.432. The van der Waals surface area contributed by atoms with Crippen molar-refractivity contribution < 1.29 is 28.1 Å². The second kappa shape index (κ2) is 12.6. The molecule has 1 heterocycles. The number of ether oxygens (including phenoxy) is 2. The van der Waals surface area contributed by atoms with E-state index in [2.05, 4.69) is 0 Å². The van der Waals surface area contributed by atoms with Crippen molar-refractivity contribution in [2.45, 2.75) is 50.4 Å². The Balaban J connectivity index is 2.20. The van der Waals surface area contributed by atoms with Crippen molar-refractivity contribution in [2.24, 2.45) is 0 Å². The van der Waals surface area contributed by atoms with E-state index in [0.717, 1.165) is 12.0 Å². The predicted molar refractivity (Wildman–Crippen MR) is 139 cm³/mol. The highest BCUT2D eigenvalue weighted by molar-refractivity contribution is 7.87. The van der Waals surface area contributed by atoms with Crippen molar-refractivity contribution in [1.82, 2.24) is 4.90 Å². The molecule has 1 saturated heterocycles. The zero-order valence-corrected chi connectivity index (χ0v) is 21.8. The largest absolute Gasteiger partial charge is 0.468 e. The highest BCUT2D eigenvalue weighted by Gasteiger charge is 2.62. The highest BCUT2D eigenvalue weighted by atomic mass is 32.2. The molecule has 1 amide bonds. The first-order valence-corrected chi connectivity index (χ1v) is 13.4. The van der Waals surface area contributed by atoms with Crippen LogP contribution in [0.25, 0.3) is 6.08 Å². The maximum atomic E-state index is 13.9. The van der Waals surface area contributed by atoms with Crippen LogP contribution in [0.15, 0.2) is 60.7 Å². The summed E-state index contributed by atoms with van der Waals surface area (Å²) >= 11 is 0. The van der Waals surface area contributed by atoms with E-state index < -0.39 is 33.5 Å². The van der Waals surface area contributed by atoms with Crippen LogP contribution < -0.4 is 0 Å². The van der Waals surface area contributed by atoms with E-state index in [0.29, 0.717) is 17.5 Å². The van der Waals surface area contributed by atoms with Gasteiger partial charge in [-0.1, -0.05) is 67.9 Å². The lowest BCUT2D eigenvalue weighted by atomic mass is 9.89. The van der Waals surface area contributed by atoms with Crippen LogP contribution in [-0.4, -0.2) is 51.2 Å². The molecule has 1 aliphatic heterocycles. The zero-order chi connectivity index (χ0) is 26.1. The number of unbranched alkanes of at least 4 members (excludes halogenated alkanes) is 1. The number of esters is 2. The minimum Gasteiger partial charge on any atom is -0.468 e. The molecule has 7 nitrogen and oxygen atoms in total. The molecule has 3 rings (SSSR count). The van der Waals surface area contributed by atoms with Gasteiger partial charge in [-0.05, 0) is 36.1 Å².